The lowest BCUT2D eigenvalue weighted by Crippen LogP contribution is -2.56. The highest BCUT2D eigenvalue weighted by atomic mass is 79.9. The van der Waals surface area contributed by atoms with Crippen LogP contribution in [0.3, 0.4) is 0 Å². The van der Waals surface area contributed by atoms with E-state index in [1.807, 2.05) is 18.2 Å². The van der Waals surface area contributed by atoms with Crippen molar-refractivity contribution in [2.45, 2.75) is 6.10 Å². The third kappa shape index (κ3) is 2.95. The maximum atomic E-state index is 12.3. The summed E-state index contributed by atoms with van der Waals surface area (Å²) >= 11 is 3.38. The van der Waals surface area contributed by atoms with E-state index in [2.05, 4.69) is 20.9 Å². The largest absolute Gasteiger partial charge is 0.470 e. The first-order valence-corrected chi connectivity index (χ1v) is 7.53. The number of nitriles is 1. The van der Waals surface area contributed by atoms with Crippen LogP contribution >= 0.6 is 15.9 Å². The minimum atomic E-state index is -0.0861. The highest BCUT2D eigenvalue weighted by molar-refractivity contribution is 9.10. The van der Waals surface area contributed by atoms with E-state index in [0.29, 0.717) is 30.1 Å². The van der Waals surface area contributed by atoms with Crippen molar-refractivity contribution in [3.05, 3.63) is 58.2 Å². The van der Waals surface area contributed by atoms with Gasteiger partial charge in [0, 0.05) is 11.8 Å². The summed E-state index contributed by atoms with van der Waals surface area (Å²) in [4.78, 5) is 18.1. The summed E-state index contributed by atoms with van der Waals surface area (Å²) in [6, 6.07) is 12.4. The van der Waals surface area contributed by atoms with Crippen molar-refractivity contribution in [2.75, 3.05) is 13.1 Å². The lowest BCUT2D eigenvalue weighted by molar-refractivity contribution is 0.0157. The minimum absolute atomic E-state index is 0.0608. The van der Waals surface area contributed by atoms with E-state index in [1.165, 1.54) is 0 Å². The molecule has 0 spiro atoms. The smallest absolute Gasteiger partial charge is 0.254 e. The van der Waals surface area contributed by atoms with Crippen LogP contribution in [0.2, 0.25) is 0 Å². The van der Waals surface area contributed by atoms with Gasteiger partial charge in [-0.15, -0.1) is 0 Å². The molecule has 0 N–H and O–H groups in total. The number of ether oxygens (including phenoxy) is 1. The van der Waals surface area contributed by atoms with E-state index in [0.717, 1.165) is 4.47 Å². The molecule has 110 valence electrons. The Labute approximate surface area is 136 Å². The number of rotatable bonds is 3. The van der Waals surface area contributed by atoms with Gasteiger partial charge in [0.25, 0.3) is 5.91 Å². The molecule has 1 saturated heterocycles. The summed E-state index contributed by atoms with van der Waals surface area (Å²) < 4.78 is 6.53. The van der Waals surface area contributed by atoms with Crippen LogP contribution in [0.15, 0.2) is 47.1 Å². The average molecular weight is 358 g/mol. The lowest BCUT2D eigenvalue weighted by atomic mass is 10.1. The number of aromatic nitrogens is 1. The van der Waals surface area contributed by atoms with Gasteiger partial charge in [-0.05, 0) is 46.3 Å². The average Bonchev–Trinajstić information content (AvgIpc) is 2.51. The molecule has 3 rings (SSSR count). The summed E-state index contributed by atoms with van der Waals surface area (Å²) in [5.74, 6) is 0.447. The van der Waals surface area contributed by atoms with Crippen molar-refractivity contribution in [1.29, 1.82) is 5.26 Å². The Kier molecular flexibility index (Phi) is 4.07. The number of halogens is 1. The molecule has 1 aliphatic heterocycles. The van der Waals surface area contributed by atoms with Gasteiger partial charge in [-0.25, -0.2) is 4.98 Å². The standard InChI is InChI=1S/C16H12BrN3O2/c17-14-5-2-6-19-15(14)22-13-9-20(10-13)16(21)12-4-1-3-11(7-12)8-18/h1-7,13H,9-10H2. The number of likely N-dealkylation sites (tertiary alicyclic amines) is 1. The Morgan fingerprint density at radius 3 is 2.91 bits per heavy atom. The van der Waals surface area contributed by atoms with Gasteiger partial charge in [-0.3, -0.25) is 4.79 Å². The zero-order valence-corrected chi connectivity index (χ0v) is 13.2. The second-order valence-corrected chi connectivity index (χ2v) is 5.79. The monoisotopic (exact) mass is 357 g/mol. The van der Waals surface area contributed by atoms with Crippen molar-refractivity contribution in [3.8, 4) is 11.9 Å². The number of carbonyl (C=O) groups excluding carboxylic acids is 1. The van der Waals surface area contributed by atoms with E-state index in [1.54, 1.807) is 35.4 Å². The highest BCUT2D eigenvalue weighted by Gasteiger charge is 2.33. The second kappa shape index (κ2) is 6.16. The molecule has 0 atom stereocenters. The van der Waals surface area contributed by atoms with Crippen LogP contribution in [-0.2, 0) is 0 Å². The third-order valence-corrected chi connectivity index (χ3v) is 3.98. The number of hydrogen-bond donors (Lipinski definition) is 0. The Morgan fingerprint density at radius 1 is 1.36 bits per heavy atom. The molecule has 1 aromatic carbocycles. The fraction of sp³-hybridized carbons (Fsp3) is 0.188. The van der Waals surface area contributed by atoms with Crippen LogP contribution in [0, 0.1) is 11.3 Å². The molecule has 1 amide bonds. The van der Waals surface area contributed by atoms with Crippen molar-refractivity contribution >= 4 is 21.8 Å². The van der Waals surface area contributed by atoms with Crippen LogP contribution in [-0.4, -0.2) is 35.0 Å². The molecule has 1 fully saturated rings. The molecule has 22 heavy (non-hydrogen) atoms. The van der Waals surface area contributed by atoms with E-state index < -0.39 is 0 Å². The first-order valence-electron chi connectivity index (χ1n) is 6.74. The van der Waals surface area contributed by atoms with Crippen LogP contribution in [0.1, 0.15) is 15.9 Å². The fourth-order valence-electron chi connectivity index (χ4n) is 2.20. The number of pyridine rings is 1. The predicted octanol–water partition coefficient (Wildman–Crippen LogP) is 2.62. The fourth-order valence-corrected chi connectivity index (χ4v) is 2.55. The molecule has 1 aromatic heterocycles. The molecular formula is C16H12BrN3O2. The van der Waals surface area contributed by atoms with Gasteiger partial charge in [0.05, 0.1) is 29.2 Å². The number of nitrogens with zero attached hydrogens (tertiary/aromatic N) is 3. The van der Waals surface area contributed by atoms with Gasteiger partial charge >= 0.3 is 0 Å². The van der Waals surface area contributed by atoms with Crippen LogP contribution in [0.25, 0.3) is 0 Å². The molecule has 0 aliphatic carbocycles. The third-order valence-electron chi connectivity index (χ3n) is 3.38. The maximum Gasteiger partial charge on any atom is 0.254 e. The maximum absolute atomic E-state index is 12.3. The zero-order chi connectivity index (χ0) is 15.5. The number of amides is 1. The quantitative estimate of drug-likeness (QED) is 0.846. The van der Waals surface area contributed by atoms with Gasteiger partial charge in [0.2, 0.25) is 5.88 Å². The first-order chi connectivity index (χ1) is 10.7. The van der Waals surface area contributed by atoms with Crippen LogP contribution in [0.5, 0.6) is 5.88 Å². The van der Waals surface area contributed by atoms with Crippen molar-refractivity contribution in [1.82, 2.24) is 9.88 Å². The molecule has 5 nitrogen and oxygen atoms in total. The lowest BCUT2D eigenvalue weighted by Gasteiger charge is -2.38. The number of carbonyl (C=O) groups is 1. The molecule has 0 saturated carbocycles. The van der Waals surface area contributed by atoms with Crippen molar-refractivity contribution in [2.24, 2.45) is 0 Å². The molecule has 0 bridgehead atoms. The normalized spacial score (nSPS) is 14.1. The van der Waals surface area contributed by atoms with E-state index >= 15 is 0 Å². The molecule has 0 unspecified atom stereocenters. The van der Waals surface area contributed by atoms with Crippen molar-refractivity contribution in [3.63, 3.8) is 0 Å². The Hall–Kier alpha value is -2.39. The van der Waals surface area contributed by atoms with E-state index in [9.17, 15) is 4.79 Å². The second-order valence-electron chi connectivity index (χ2n) is 4.93. The SMILES string of the molecule is N#Cc1cccc(C(=O)N2CC(Oc3ncccc3Br)C2)c1. The predicted molar refractivity (Wildman–Crippen MR) is 83.4 cm³/mol. The summed E-state index contributed by atoms with van der Waals surface area (Å²) in [6.07, 6.45) is 1.60. The first kappa shape index (κ1) is 14.5. The van der Waals surface area contributed by atoms with E-state index in [4.69, 9.17) is 10.00 Å². The van der Waals surface area contributed by atoms with Crippen LogP contribution in [0.4, 0.5) is 0 Å². The molecule has 2 aromatic rings. The summed E-state index contributed by atoms with van der Waals surface area (Å²) in [5.41, 5.74) is 1.01. The number of benzene rings is 1. The summed E-state index contributed by atoms with van der Waals surface area (Å²) in [5, 5.41) is 8.88. The zero-order valence-electron chi connectivity index (χ0n) is 11.6. The molecule has 6 heteroatoms. The molecule has 1 aliphatic rings. The highest BCUT2D eigenvalue weighted by Crippen LogP contribution is 2.25. The van der Waals surface area contributed by atoms with Crippen molar-refractivity contribution < 1.29 is 9.53 Å². The van der Waals surface area contributed by atoms with Gasteiger partial charge in [0.1, 0.15) is 6.10 Å². The number of hydrogen-bond acceptors (Lipinski definition) is 4. The Balaban J connectivity index is 1.60. The summed E-state index contributed by atoms with van der Waals surface area (Å²) in [6.45, 7) is 1.03. The summed E-state index contributed by atoms with van der Waals surface area (Å²) in [7, 11) is 0. The topological polar surface area (TPSA) is 66.2 Å². The van der Waals surface area contributed by atoms with E-state index in [-0.39, 0.29) is 12.0 Å². The Bertz CT molecular complexity index is 751. The minimum Gasteiger partial charge on any atom is -0.470 e. The van der Waals surface area contributed by atoms with Crippen LogP contribution < -0.4 is 4.74 Å². The van der Waals surface area contributed by atoms with Gasteiger partial charge in [-0.1, -0.05) is 6.07 Å². The van der Waals surface area contributed by atoms with Gasteiger partial charge in [-0.2, -0.15) is 5.26 Å². The van der Waals surface area contributed by atoms with Gasteiger partial charge in [0.15, 0.2) is 0 Å². The Morgan fingerprint density at radius 2 is 2.18 bits per heavy atom. The molecule has 0 radical (unpaired) electrons. The molecule has 2 heterocycles. The van der Waals surface area contributed by atoms with Gasteiger partial charge < -0.3 is 9.64 Å². The molecular weight excluding hydrogens is 346 g/mol.